The maximum atomic E-state index is 13.0. The van der Waals surface area contributed by atoms with E-state index in [1.165, 1.54) is 6.07 Å². The lowest BCUT2D eigenvalue weighted by atomic mass is 9.89. The molecule has 4 heteroatoms. The lowest BCUT2D eigenvalue weighted by Crippen LogP contribution is -2.39. The molecular weight excluding hydrogens is 277 g/mol. The Morgan fingerprint density at radius 3 is 2.33 bits per heavy atom. The van der Waals surface area contributed by atoms with Crippen molar-refractivity contribution in [3.8, 4) is 0 Å². The minimum absolute atomic E-state index is 0.108. The van der Waals surface area contributed by atoms with Crippen LogP contribution in [0.3, 0.4) is 0 Å². The van der Waals surface area contributed by atoms with Crippen LogP contribution in [-0.2, 0) is 12.0 Å². The monoisotopic (exact) mass is 296 g/mol. The van der Waals surface area contributed by atoms with Crippen molar-refractivity contribution in [3.05, 3.63) is 47.5 Å². The highest BCUT2D eigenvalue weighted by Crippen LogP contribution is 2.41. The Kier molecular flexibility index (Phi) is 4.02. The molecule has 0 aliphatic carbocycles. The van der Waals surface area contributed by atoms with Gasteiger partial charge < -0.3 is 5.11 Å². The number of hydrogen-bond acceptors (Lipinski definition) is 1. The van der Waals surface area contributed by atoms with E-state index >= 15 is 0 Å². The zero-order chi connectivity index (χ0) is 15.8. The molecular formula is C17H19F3O. The van der Waals surface area contributed by atoms with Crippen molar-refractivity contribution in [1.82, 2.24) is 0 Å². The van der Waals surface area contributed by atoms with E-state index in [-0.39, 0.29) is 5.56 Å². The lowest BCUT2D eigenvalue weighted by Gasteiger charge is -2.28. The summed E-state index contributed by atoms with van der Waals surface area (Å²) in [4.78, 5) is 0. The van der Waals surface area contributed by atoms with Crippen LogP contribution in [0.25, 0.3) is 10.8 Å². The van der Waals surface area contributed by atoms with Gasteiger partial charge in [-0.2, -0.15) is 13.2 Å². The standard InChI is InChI=1S/C17H19F3O/c1-11(2)9-12-7-8-14-13(10-12)5-4-6-15(14)16(3,21)17(18,19)20/h4-8,10-11,21H,9H2,1-3H3. The highest BCUT2D eigenvalue weighted by Gasteiger charge is 2.51. The van der Waals surface area contributed by atoms with E-state index in [1.807, 2.05) is 12.1 Å². The molecule has 0 aromatic heterocycles. The van der Waals surface area contributed by atoms with Crippen LogP contribution >= 0.6 is 0 Å². The topological polar surface area (TPSA) is 20.2 Å². The van der Waals surface area contributed by atoms with Crippen molar-refractivity contribution < 1.29 is 18.3 Å². The van der Waals surface area contributed by atoms with Gasteiger partial charge >= 0.3 is 6.18 Å². The Morgan fingerprint density at radius 2 is 1.76 bits per heavy atom. The highest BCUT2D eigenvalue weighted by atomic mass is 19.4. The van der Waals surface area contributed by atoms with E-state index < -0.39 is 11.8 Å². The highest BCUT2D eigenvalue weighted by molar-refractivity contribution is 5.87. The van der Waals surface area contributed by atoms with Crippen LogP contribution in [0, 0.1) is 5.92 Å². The molecule has 2 aromatic carbocycles. The van der Waals surface area contributed by atoms with Crippen molar-refractivity contribution in [3.63, 3.8) is 0 Å². The van der Waals surface area contributed by atoms with Gasteiger partial charge in [0.25, 0.3) is 0 Å². The van der Waals surface area contributed by atoms with Crippen molar-refractivity contribution in [1.29, 1.82) is 0 Å². The molecule has 2 aromatic rings. The molecule has 114 valence electrons. The van der Waals surface area contributed by atoms with Gasteiger partial charge in [-0.25, -0.2) is 0 Å². The minimum atomic E-state index is -4.71. The third-order valence-electron chi connectivity index (χ3n) is 3.67. The minimum Gasteiger partial charge on any atom is -0.376 e. The van der Waals surface area contributed by atoms with E-state index in [4.69, 9.17) is 0 Å². The lowest BCUT2D eigenvalue weighted by molar-refractivity contribution is -0.258. The third kappa shape index (κ3) is 3.05. The molecule has 0 spiro atoms. The average Bonchev–Trinajstić information content (AvgIpc) is 2.35. The fourth-order valence-corrected chi connectivity index (χ4v) is 2.51. The molecule has 21 heavy (non-hydrogen) atoms. The molecule has 2 rings (SSSR count). The zero-order valence-corrected chi connectivity index (χ0v) is 12.3. The molecule has 0 bridgehead atoms. The van der Waals surface area contributed by atoms with Crippen molar-refractivity contribution in [2.45, 2.75) is 39.0 Å². The van der Waals surface area contributed by atoms with Crippen LogP contribution in [0.1, 0.15) is 31.9 Å². The zero-order valence-electron chi connectivity index (χ0n) is 12.3. The van der Waals surface area contributed by atoms with Crippen LogP contribution < -0.4 is 0 Å². The van der Waals surface area contributed by atoms with E-state index in [9.17, 15) is 18.3 Å². The van der Waals surface area contributed by atoms with Crippen LogP contribution in [0.2, 0.25) is 0 Å². The smallest absolute Gasteiger partial charge is 0.376 e. The predicted molar refractivity (Wildman–Crippen MR) is 78.1 cm³/mol. The summed E-state index contributed by atoms with van der Waals surface area (Å²) in [5.41, 5.74) is -1.88. The van der Waals surface area contributed by atoms with Crippen molar-refractivity contribution in [2.24, 2.45) is 5.92 Å². The van der Waals surface area contributed by atoms with E-state index in [2.05, 4.69) is 13.8 Å². The molecule has 0 saturated heterocycles. The van der Waals surface area contributed by atoms with Crippen LogP contribution in [-0.4, -0.2) is 11.3 Å². The number of hydrogen-bond donors (Lipinski definition) is 1. The molecule has 0 amide bonds. The van der Waals surface area contributed by atoms with Gasteiger partial charge in [0, 0.05) is 5.56 Å². The number of halogens is 3. The first-order valence-electron chi connectivity index (χ1n) is 6.94. The second-order valence-corrected chi connectivity index (χ2v) is 6.03. The molecule has 1 atom stereocenters. The first kappa shape index (κ1) is 15.8. The quantitative estimate of drug-likeness (QED) is 0.862. The Labute approximate surface area is 122 Å². The van der Waals surface area contributed by atoms with Gasteiger partial charge in [-0.05, 0) is 35.6 Å². The Morgan fingerprint density at radius 1 is 1.10 bits per heavy atom. The van der Waals surface area contributed by atoms with E-state index in [0.717, 1.165) is 24.3 Å². The average molecular weight is 296 g/mol. The van der Waals surface area contributed by atoms with Crippen LogP contribution in [0.4, 0.5) is 13.2 Å². The number of fused-ring (bicyclic) bond motifs is 1. The Balaban J connectivity index is 2.57. The number of benzene rings is 2. The van der Waals surface area contributed by atoms with Crippen molar-refractivity contribution in [2.75, 3.05) is 0 Å². The summed E-state index contributed by atoms with van der Waals surface area (Å²) in [6.45, 7) is 4.98. The van der Waals surface area contributed by atoms with Gasteiger partial charge in [-0.3, -0.25) is 0 Å². The number of rotatable bonds is 3. The first-order valence-corrected chi connectivity index (χ1v) is 6.94. The SMILES string of the molecule is CC(C)Cc1ccc2c(C(C)(O)C(F)(F)F)cccc2c1. The molecule has 0 heterocycles. The Hall–Kier alpha value is -1.55. The van der Waals surface area contributed by atoms with Gasteiger partial charge in [0.1, 0.15) is 0 Å². The first-order chi connectivity index (χ1) is 9.63. The number of aliphatic hydroxyl groups is 1. The Bertz CT molecular complexity index is 642. The number of alkyl halides is 3. The molecule has 1 N–H and O–H groups in total. The van der Waals surface area contributed by atoms with E-state index in [1.54, 1.807) is 18.2 Å². The van der Waals surface area contributed by atoms with Gasteiger partial charge in [0.15, 0.2) is 5.60 Å². The normalized spacial score (nSPS) is 15.4. The summed E-state index contributed by atoms with van der Waals surface area (Å²) in [7, 11) is 0. The second kappa shape index (κ2) is 5.34. The predicted octanol–water partition coefficient (Wildman–Crippen LogP) is 4.81. The molecule has 1 unspecified atom stereocenters. The summed E-state index contributed by atoms with van der Waals surface area (Å²) < 4.78 is 39.1. The molecule has 0 aliphatic rings. The van der Waals surface area contributed by atoms with Gasteiger partial charge in [-0.1, -0.05) is 50.2 Å². The maximum Gasteiger partial charge on any atom is 0.421 e. The second-order valence-electron chi connectivity index (χ2n) is 6.03. The molecule has 1 nitrogen and oxygen atoms in total. The van der Waals surface area contributed by atoms with Gasteiger partial charge in [0.2, 0.25) is 0 Å². The van der Waals surface area contributed by atoms with E-state index in [0.29, 0.717) is 11.3 Å². The molecule has 0 radical (unpaired) electrons. The summed E-state index contributed by atoms with van der Waals surface area (Å²) in [6.07, 6.45) is -3.84. The molecule has 0 saturated carbocycles. The summed E-state index contributed by atoms with van der Waals surface area (Å²) in [5.74, 6) is 0.476. The third-order valence-corrected chi connectivity index (χ3v) is 3.67. The van der Waals surface area contributed by atoms with Crippen molar-refractivity contribution >= 4 is 10.8 Å². The van der Waals surface area contributed by atoms with Crippen LogP contribution in [0.15, 0.2) is 36.4 Å². The summed E-state index contributed by atoms with van der Waals surface area (Å²) in [5, 5.41) is 11.1. The molecule has 0 aliphatic heterocycles. The maximum absolute atomic E-state index is 13.0. The fourth-order valence-electron chi connectivity index (χ4n) is 2.51. The summed E-state index contributed by atoms with van der Waals surface area (Å²) in [6, 6.07) is 10.1. The largest absolute Gasteiger partial charge is 0.421 e. The van der Waals surface area contributed by atoms with Crippen LogP contribution in [0.5, 0.6) is 0 Å². The fraction of sp³-hybridized carbons (Fsp3) is 0.412. The molecule has 0 fully saturated rings. The summed E-state index contributed by atoms with van der Waals surface area (Å²) >= 11 is 0. The van der Waals surface area contributed by atoms with Gasteiger partial charge in [0.05, 0.1) is 0 Å². The van der Waals surface area contributed by atoms with Gasteiger partial charge in [-0.15, -0.1) is 0 Å².